The SMILES string of the molecule is COc1ccc(CS(=O)(=O)[C@@H]2C[C@@H](C(=O)N[C@@H](C(C)C)[C@@H](O)C(F)(F)C(=O)NCC(F)(F)F)N(C(=O)[C@H](C)NC(=O)O)C2)cc1. The minimum Gasteiger partial charge on any atom is -0.497 e. The first-order valence-corrected chi connectivity index (χ1v) is 15.2. The second kappa shape index (κ2) is 14.6. The van der Waals surface area contributed by atoms with Gasteiger partial charge in [0.2, 0.25) is 11.8 Å². The number of benzene rings is 1. The van der Waals surface area contributed by atoms with Gasteiger partial charge in [-0.1, -0.05) is 26.0 Å². The van der Waals surface area contributed by atoms with Gasteiger partial charge in [-0.3, -0.25) is 14.4 Å². The Morgan fingerprint density at radius 2 is 1.62 bits per heavy atom. The number of nitrogens with one attached hydrogen (secondary N) is 3. The fraction of sp³-hybridized carbons (Fsp3) is 0.615. The zero-order valence-corrected chi connectivity index (χ0v) is 25.4. The molecule has 1 aliphatic rings. The third-order valence-corrected chi connectivity index (χ3v) is 9.18. The molecule has 0 radical (unpaired) electrons. The molecule has 1 aliphatic heterocycles. The molecule has 1 aromatic carbocycles. The number of aliphatic hydroxyl groups excluding tert-OH is 1. The number of halogens is 5. The topological polar surface area (TPSA) is 191 Å². The van der Waals surface area contributed by atoms with Crippen LogP contribution in [0.4, 0.5) is 26.7 Å². The molecule has 1 aromatic rings. The lowest BCUT2D eigenvalue weighted by Gasteiger charge is -2.34. The maximum atomic E-state index is 14.7. The lowest BCUT2D eigenvalue weighted by atomic mass is 9.93. The van der Waals surface area contributed by atoms with Crippen molar-refractivity contribution in [2.24, 2.45) is 5.92 Å². The summed E-state index contributed by atoms with van der Waals surface area (Å²) in [6.45, 7) is 0.936. The Kier molecular flexibility index (Phi) is 12.1. The predicted octanol–water partition coefficient (Wildman–Crippen LogP) is 1.05. The molecule has 1 heterocycles. The zero-order chi connectivity index (χ0) is 34.5. The third-order valence-electron chi connectivity index (χ3n) is 7.08. The number of carbonyl (C=O) groups is 4. The van der Waals surface area contributed by atoms with E-state index in [2.05, 4.69) is 5.32 Å². The molecule has 1 saturated heterocycles. The molecule has 45 heavy (non-hydrogen) atoms. The monoisotopic (exact) mass is 674 g/mol. The summed E-state index contributed by atoms with van der Waals surface area (Å²) in [6, 6.07) is 0.906. The summed E-state index contributed by atoms with van der Waals surface area (Å²) in [7, 11) is -2.68. The van der Waals surface area contributed by atoms with Crippen molar-refractivity contribution >= 4 is 33.7 Å². The highest BCUT2D eigenvalue weighted by Crippen LogP contribution is 2.30. The lowest BCUT2D eigenvalue weighted by molar-refractivity contribution is -0.175. The Bertz CT molecular complexity index is 1340. The number of alkyl halides is 5. The highest BCUT2D eigenvalue weighted by molar-refractivity contribution is 7.91. The van der Waals surface area contributed by atoms with Crippen LogP contribution in [-0.4, -0.2) is 109 Å². The maximum absolute atomic E-state index is 14.7. The molecule has 0 aliphatic carbocycles. The molecule has 0 aromatic heterocycles. The number of carbonyl (C=O) groups excluding carboxylic acids is 3. The van der Waals surface area contributed by atoms with Crippen LogP contribution >= 0.6 is 0 Å². The van der Waals surface area contributed by atoms with Crippen molar-refractivity contribution in [1.29, 1.82) is 0 Å². The molecular formula is C26H35F5N4O9S. The van der Waals surface area contributed by atoms with Crippen LogP contribution in [0.1, 0.15) is 32.8 Å². The van der Waals surface area contributed by atoms with Gasteiger partial charge in [0.15, 0.2) is 9.84 Å². The van der Waals surface area contributed by atoms with Gasteiger partial charge in [-0.15, -0.1) is 0 Å². The number of methoxy groups -OCH3 is 1. The Hall–Kier alpha value is -3.74. The first-order valence-electron chi connectivity index (χ1n) is 13.5. The highest BCUT2D eigenvalue weighted by atomic mass is 32.2. The minimum absolute atomic E-state index is 0.344. The number of nitrogens with zero attached hydrogens (tertiary/aromatic N) is 1. The Balaban J connectivity index is 2.36. The standard InChI is InChI=1S/C26H35F5N4O9S/c1-13(2)19(20(36)26(30,31)23(39)32-12-25(27,28)29)34-21(37)18-9-17(10-35(18)22(38)14(3)33-24(40)41)45(42,43)11-15-5-7-16(44-4)8-6-15/h5-8,13-14,17-20,33,36H,9-12H2,1-4H3,(H,32,39)(H,34,37)(H,40,41)/t14-,17+,18-,19-,20+/m0/s1. The summed E-state index contributed by atoms with van der Waals surface area (Å²) in [4.78, 5) is 50.3. The molecule has 13 nitrogen and oxygen atoms in total. The fourth-order valence-electron chi connectivity index (χ4n) is 4.65. The second-order valence-corrected chi connectivity index (χ2v) is 13.1. The molecule has 19 heteroatoms. The highest BCUT2D eigenvalue weighted by Gasteiger charge is 2.53. The number of hydrogen-bond acceptors (Lipinski definition) is 8. The Morgan fingerprint density at radius 1 is 1.04 bits per heavy atom. The van der Waals surface area contributed by atoms with Crippen molar-refractivity contribution < 1.29 is 64.5 Å². The molecule has 0 saturated carbocycles. The van der Waals surface area contributed by atoms with E-state index >= 15 is 0 Å². The summed E-state index contributed by atoms with van der Waals surface area (Å²) in [6.07, 6.45) is -10.2. The quantitative estimate of drug-likeness (QED) is 0.190. The van der Waals surface area contributed by atoms with E-state index < -0.39 is 106 Å². The van der Waals surface area contributed by atoms with Crippen LogP contribution in [0, 0.1) is 5.92 Å². The molecule has 0 spiro atoms. The number of ether oxygens (including phenoxy) is 1. The summed E-state index contributed by atoms with van der Waals surface area (Å²) in [5.74, 6) is -10.6. The van der Waals surface area contributed by atoms with Gasteiger partial charge in [-0.05, 0) is 37.0 Å². The van der Waals surface area contributed by atoms with Crippen molar-refractivity contribution in [2.45, 2.75) is 74.5 Å². The van der Waals surface area contributed by atoms with Crippen LogP contribution in [0.3, 0.4) is 0 Å². The number of likely N-dealkylation sites (tertiary alicyclic amines) is 1. The molecule has 5 atom stereocenters. The summed E-state index contributed by atoms with van der Waals surface area (Å²) < 4.78 is 98.5. The average Bonchev–Trinajstić information content (AvgIpc) is 3.39. The van der Waals surface area contributed by atoms with Crippen LogP contribution in [0.2, 0.25) is 0 Å². The minimum atomic E-state index is -5.03. The van der Waals surface area contributed by atoms with E-state index in [1.54, 1.807) is 0 Å². The van der Waals surface area contributed by atoms with E-state index in [0.29, 0.717) is 11.3 Å². The van der Waals surface area contributed by atoms with Crippen molar-refractivity contribution in [3.05, 3.63) is 29.8 Å². The Morgan fingerprint density at radius 3 is 2.11 bits per heavy atom. The van der Waals surface area contributed by atoms with E-state index in [1.165, 1.54) is 45.2 Å². The van der Waals surface area contributed by atoms with Gasteiger partial charge in [0.25, 0.3) is 5.91 Å². The fourth-order valence-corrected chi connectivity index (χ4v) is 6.40. The molecule has 0 unspecified atom stereocenters. The number of sulfone groups is 1. The summed E-state index contributed by atoms with van der Waals surface area (Å²) in [5, 5.41) is 23.0. The normalized spacial score (nSPS) is 19.4. The molecule has 0 bridgehead atoms. The molecule has 5 N–H and O–H groups in total. The first-order chi connectivity index (χ1) is 20.6. The lowest BCUT2D eigenvalue weighted by Crippen LogP contribution is -2.61. The zero-order valence-electron chi connectivity index (χ0n) is 24.6. The molecular weight excluding hydrogens is 639 g/mol. The van der Waals surface area contributed by atoms with Crippen LogP contribution in [0.15, 0.2) is 24.3 Å². The van der Waals surface area contributed by atoms with Crippen molar-refractivity contribution in [3.63, 3.8) is 0 Å². The molecule has 1 fully saturated rings. The first kappa shape index (κ1) is 37.4. The maximum Gasteiger partial charge on any atom is 0.405 e. The van der Waals surface area contributed by atoms with Crippen LogP contribution in [0.25, 0.3) is 0 Å². The molecule has 4 amide bonds. The van der Waals surface area contributed by atoms with Gasteiger partial charge in [-0.2, -0.15) is 22.0 Å². The van der Waals surface area contributed by atoms with Crippen LogP contribution in [-0.2, 0) is 30.0 Å². The van der Waals surface area contributed by atoms with Gasteiger partial charge in [0.1, 0.15) is 30.5 Å². The third kappa shape index (κ3) is 9.87. The van der Waals surface area contributed by atoms with Crippen molar-refractivity contribution in [2.75, 3.05) is 20.2 Å². The number of amides is 4. The number of hydrogen-bond donors (Lipinski definition) is 5. The van der Waals surface area contributed by atoms with E-state index in [-0.39, 0.29) is 0 Å². The largest absolute Gasteiger partial charge is 0.497 e. The predicted molar refractivity (Wildman–Crippen MR) is 147 cm³/mol. The van der Waals surface area contributed by atoms with E-state index in [1.807, 2.05) is 5.32 Å². The number of aliphatic hydroxyl groups is 1. The van der Waals surface area contributed by atoms with E-state index in [4.69, 9.17) is 9.84 Å². The van der Waals surface area contributed by atoms with E-state index in [0.717, 1.165) is 17.1 Å². The van der Waals surface area contributed by atoms with E-state index in [9.17, 15) is 54.7 Å². The Labute approximate surface area is 255 Å². The number of carboxylic acid groups (broad SMARTS) is 1. The molecule has 2 rings (SSSR count). The van der Waals surface area contributed by atoms with Gasteiger partial charge < -0.3 is 35.8 Å². The van der Waals surface area contributed by atoms with Gasteiger partial charge in [-0.25, -0.2) is 13.2 Å². The number of rotatable bonds is 13. The van der Waals surface area contributed by atoms with Gasteiger partial charge in [0.05, 0.1) is 24.2 Å². The van der Waals surface area contributed by atoms with Gasteiger partial charge >= 0.3 is 18.2 Å². The molecule has 254 valence electrons. The van der Waals surface area contributed by atoms with Crippen molar-refractivity contribution in [1.82, 2.24) is 20.9 Å². The van der Waals surface area contributed by atoms with Gasteiger partial charge in [0, 0.05) is 6.54 Å². The summed E-state index contributed by atoms with van der Waals surface area (Å²) >= 11 is 0. The summed E-state index contributed by atoms with van der Waals surface area (Å²) in [5.41, 5.74) is 0.344. The van der Waals surface area contributed by atoms with Crippen molar-refractivity contribution in [3.8, 4) is 5.75 Å². The average molecular weight is 675 g/mol. The van der Waals surface area contributed by atoms with Crippen LogP contribution < -0.4 is 20.7 Å². The second-order valence-electron chi connectivity index (χ2n) is 10.8. The van der Waals surface area contributed by atoms with Crippen LogP contribution in [0.5, 0.6) is 5.75 Å². The smallest absolute Gasteiger partial charge is 0.405 e.